The van der Waals surface area contributed by atoms with Crippen molar-refractivity contribution in [2.24, 2.45) is 0 Å². The first-order chi connectivity index (χ1) is 10.6. The molecule has 0 aliphatic heterocycles. The van der Waals surface area contributed by atoms with Crippen molar-refractivity contribution in [1.29, 1.82) is 0 Å². The fourth-order valence-electron chi connectivity index (χ4n) is 2.56. The summed E-state index contributed by atoms with van der Waals surface area (Å²) in [6.07, 6.45) is 1.01. The van der Waals surface area contributed by atoms with Crippen LogP contribution in [0, 0.1) is 13.8 Å². The fourth-order valence-corrected chi connectivity index (χ4v) is 3.03. The number of anilines is 1. The summed E-state index contributed by atoms with van der Waals surface area (Å²) in [6.45, 7) is 5.92. The summed E-state index contributed by atoms with van der Waals surface area (Å²) in [6, 6.07) is 12.3. The van der Waals surface area contributed by atoms with Gasteiger partial charge >= 0.3 is 0 Å². The van der Waals surface area contributed by atoms with Gasteiger partial charge in [0.1, 0.15) is 5.82 Å². The fraction of sp³-hybridized carbons (Fsp3) is 0.294. The predicted molar refractivity (Wildman–Crippen MR) is 94.3 cm³/mol. The van der Waals surface area contributed by atoms with Gasteiger partial charge in [-0.15, -0.1) is 0 Å². The molecule has 22 heavy (non-hydrogen) atoms. The molecule has 1 aromatic carbocycles. The Balaban J connectivity index is 1.60. The standard InChI is InChI=1S/C17H19BrN4/c1-12-11-13(2)22(21-12)10-4-9-19-16-8-7-14-5-3-6-15(18)17(14)20-16/h3,5-8,11H,4,9-10H2,1-2H3,(H,19,20). The van der Waals surface area contributed by atoms with Crippen LogP contribution < -0.4 is 5.32 Å². The van der Waals surface area contributed by atoms with E-state index < -0.39 is 0 Å². The van der Waals surface area contributed by atoms with E-state index in [9.17, 15) is 0 Å². The number of aromatic nitrogens is 3. The van der Waals surface area contributed by atoms with E-state index in [0.29, 0.717) is 0 Å². The van der Waals surface area contributed by atoms with E-state index in [1.807, 2.05) is 25.1 Å². The van der Waals surface area contributed by atoms with Crippen LogP contribution in [0.15, 0.2) is 40.9 Å². The zero-order valence-electron chi connectivity index (χ0n) is 12.8. The van der Waals surface area contributed by atoms with Crippen LogP contribution in [0.1, 0.15) is 17.8 Å². The van der Waals surface area contributed by atoms with Crippen LogP contribution in [0.25, 0.3) is 10.9 Å². The maximum atomic E-state index is 4.66. The van der Waals surface area contributed by atoms with Gasteiger partial charge in [-0.1, -0.05) is 12.1 Å². The lowest BCUT2D eigenvalue weighted by Crippen LogP contribution is -2.09. The second-order valence-corrected chi connectivity index (χ2v) is 6.29. The lowest BCUT2D eigenvalue weighted by Gasteiger charge is -2.08. The number of pyridine rings is 1. The zero-order chi connectivity index (χ0) is 15.5. The molecule has 0 amide bonds. The Kier molecular flexibility index (Phi) is 4.43. The highest BCUT2D eigenvalue weighted by molar-refractivity contribution is 9.10. The Morgan fingerprint density at radius 3 is 2.82 bits per heavy atom. The van der Waals surface area contributed by atoms with Crippen molar-refractivity contribution in [3.63, 3.8) is 0 Å². The Labute approximate surface area is 138 Å². The van der Waals surface area contributed by atoms with Gasteiger partial charge in [0.2, 0.25) is 0 Å². The highest BCUT2D eigenvalue weighted by Gasteiger charge is 2.03. The lowest BCUT2D eigenvalue weighted by molar-refractivity contribution is 0.573. The third-order valence-corrected chi connectivity index (χ3v) is 4.27. The van der Waals surface area contributed by atoms with Crippen LogP contribution in [-0.4, -0.2) is 21.3 Å². The van der Waals surface area contributed by atoms with E-state index >= 15 is 0 Å². The molecule has 114 valence electrons. The number of halogens is 1. The summed E-state index contributed by atoms with van der Waals surface area (Å²) in [4.78, 5) is 4.66. The average molecular weight is 359 g/mol. The van der Waals surface area contributed by atoms with Gasteiger partial charge in [0, 0.05) is 28.6 Å². The van der Waals surface area contributed by atoms with Crippen molar-refractivity contribution in [2.75, 3.05) is 11.9 Å². The van der Waals surface area contributed by atoms with Gasteiger partial charge in [0.15, 0.2) is 0 Å². The molecule has 0 bridgehead atoms. The Bertz CT molecular complexity index is 794. The molecule has 0 atom stereocenters. The van der Waals surface area contributed by atoms with Crippen LogP contribution in [0.4, 0.5) is 5.82 Å². The number of nitrogens with one attached hydrogen (secondary N) is 1. The molecule has 0 aliphatic carbocycles. The van der Waals surface area contributed by atoms with Crippen LogP contribution >= 0.6 is 15.9 Å². The third kappa shape index (κ3) is 3.30. The molecule has 0 fully saturated rings. The Morgan fingerprint density at radius 2 is 2.05 bits per heavy atom. The smallest absolute Gasteiger partial charge is 0.126 e. The summed E-state index contributed by atoms with van der Waals surface area (Å²) in [5.74, 6) is 0.910. The quantitative estimate of drug-likeness (QED) is 0.690. The van der Waals surface area contributed by atoms with Crippen molar-refractivity contribution < 1.29 is 0 Å². The zero-order valence-corrected chi connectivity index (χ0v) is 14.4. The first kappa shape index (κ1) is 15.0. The van der Waals surface area contributed by atoms with Crippen molar-refractivity contribution in [2.45, 2.75) is 26.8 Å². The highest BCUT2D eigenvalue weighted by atomic mass is 79.9. The van der Waals surface area contributed by atoms with E-state index in [0.717, 1.165) is 46.4 Å². The summed E-state index contributed by atoms with van der Waals surface area (Å²) in [5, 5.41) is 9.00. The van der Waals surface area contributed by atoms with Crippen molar-refractivity contribution >= 4 is 32.7 Å². The minimum absolute atomic E-state index is 0.876. The molecular weight excluding hydrogens is 340 g/mol. The minimum Gasteiger partial charge on any atom is -0.370 e. The number of hydrogen-bond donors (Lipinski definition) is 1. The lowest BCUT2D eigenvalue weighted by atomic mass is 10.2. The second kappa shape index (κ2) is 6.48. The maximum absolute atomic E-state index is 4.66. The molecule has 3 rings (SSSR count). The Hall–Kier alpha value is -1.88. The number of rotatable bonds is 5. The monoisotopic (exact) mass is 358 g/mol. The van der Waals surface area contributed by atoms with Gasteiger partial charge in [0.05, 0.1) is 11.2 Å². The third-order valence-electron chi connectivity index (χ3n) is 3.63. The number of fused-ring (bicyclic) bond motifs is 1. The number of nitrogens with zero attached hydrogens (tertiary/aromatic N) is 3. The summed E-state index contributed by atoms with van der Waals surface area (Å²) >= 11 is 3.55. The maximum Gasteiger partial charge on any atom is 0.126 e. The number of para-hydroxylation sites is 1. The largest absolute Gasteiger partial charge is 0.370 e. The molecule has 0 radical (unpaired) electrons. The van der Waals surface area contributed by atoms with Crippen molar-refractivity contribution in [1.82, 2.24) is 14.8 Å². The predicted octanol–water partition coefficient (Wildman–Crippen LogP) is 4.31. The molecular formula is C17H19BrN4. The minimum atomic E-state index is 0.876. The molecule has 1 N–H and O–H groups in total. The highest BCUT2D eigenvalue weighted by Crippen LogP contribution is 2.23. The molecule has 0 aliphatic rings. The van der Waals surface area contributed by atoms with Crippen LogP contribution in [0.5, 0.6) is 0 Å². The molecule has 0 spiro atoms. The molecule has 0 saturated carbocycles. The van der Waals surface area contributed by atoms with E-state index in [1.54, 1.807) is 0 Å². The van der Waals surface area contributed by atoms with E-state index in [4.69, 9.17) is 0 Å². The molecule has 0 saturated heterocycles. The molecule has 0 unspecified atom stereocenters. The topological polar surface area (TPSA) is 42.7 Å². The number of aryl methyl sites for hydroxylation is 3. The average Bonchev–Trinajstić information content (AvgIpc) is 2.82. The second-order valence-electron chi connectivity index (χ2n) is 5.44. The molecule has 3 aromatic rings. The van der Waals surface area contributed by atoms with Gasteiger partial charge in [-0.05, 0) is 60.5 Å². The normalized spacial score (nSPS) is 11.0. The Morgan fingerprint density at radius 1 is 1.18 bits per heavy atom. The van der Waals surface area contributed by atoms with Crippen molar-refractivity contribution in [3.05, 3.63) is 52.3 Å². The van der Waals surface area contributed by atoms with Gasteiger partial charge in [-0.2, -0.15) is 5.10 Å². The first-order valence-electron chi connectivity index (χ1n) is 7.44. The molecule has 4 nitrogen and oxygen atoms in total. The van der Waals surface area contributed by atoms with E-state index in [-0.39, 0.29) is 0 Å². The van der Waals surface area contributed by atoms with Gasteiger partial charge < -0.3 is 5.32 Å². The summed E-state index contributed by atoms with van der Waals surface area (Å²) in [5.41, 5.74) is 3.28. The molecule has 5 heteroatoms. The summed E-state index contributed by atoms with van der Waals surface area (Å²) < 4.78 is 3.08. The number of hydrogen-bond acceptors (Lipinski definition) is 3. The number of benzene rings is 1. The first-order valence-corrected chi connectivity index (χ1v) is 8.23. The summed E-state index contributed by atoms with van der Waals surface area (Å²) in [7, 11) is 0. The van der Waals surface area contributed by atoms with Crippen LogP contribution in [0.3, 0.4) is 0 Å². The van der Waals surface area contributed by atoms with Crippen LogP contribution in [-0.2, 0) is 6.54 Å². The van der Waals surface area contributed by atoms with E-state index in [1.165, 1.54) is 5.69 Å². The van der Waals surface area contributed by atoms with Gasteiger partial charge in [-0.3, -0.25) is 4.68 Å². The molecule has 2 aromatic heterocycles. The van der Waals surface area contributed by atoms with Crippen LogP contribution in [0.2, 0.25) is 0 Å². The van der Waals surface area contributed by atoms with Gasteiger partial charge in [0.25, 0.3) is 0 Å². The van der Waals surface area contributed by atoms with Gasteiger partial charge in [-0.25, -0.2) is 4.98 Å². The van der Waals surface area contributed by atoms with E-state index in [2.05, 4.69) is 61.1 Å². The van der Waals surface area contributed by atoms with Crippen molar-refractivity contribution in [3.8, 4) is 0 Å². The SMILES string of the molecule is Cc1cc(C)n(CCCNc2ccc3cccc(Br)c3n2)n1. The molecule has 2 heterocycles.